The van der Waals surface area contributed by atoms with Crippen LogP contribution in [-0.2, 0) is 16.6 Å². The van der Waals surface area contributed by atoms with E-state index in [4.69, 9.17) is 34.8 Å². The van der Waals surface area contributed by atoms with Gasteiger partial charge in [0, 0.05) is 23.6 Å². The molecule has 0 aliphatic heterocycles. The highest BCUT2D eigenvalue weighted by atomic mass is 35.5. The molecule has 9 heteroatoms. The third-order valence-corrected chi connectivity index (χ3v) is 5.25. The van der Waals surface area contributed by atoms with E-state index in [1.54, 1.807) is 18.2 Å². The molecule has 0 saturated carbocycles. The zero-order valence-corrected chi connectivity index (χ0v) is 13.9. The Morgan fingerprint density at radius 1 is 1.14 bits per heavy atom. The van der Waals surface area contributed by atoms with Gasteiger partial charge in [-0.25, -0.2) is 18.4 Å². The number of aromatic nitrogens is 2. The standard InChI is InChI=1S/C12H10Cl3N3O2S/c1-18(7-8-2-3-9(13)4-11(8)14)21(19,20)10-5-16-12(15)17-6-10/h2-6H,7H2,1H3. The van der Waals surface area contributed by atoms with Crippen molar-refractivity contribution in [2.45, 2.75) is 11.4 Å². The molecule has 21 heavy (non-hydrogen) atoms. The molecule has 1 heterocycles. The molecule has 0 atom stereocenters. The second-order valence-corrected chi connectivity index (χ2v) is 7.41. The van der Waals surface area contributed by atoms with E-state index < -0.39 is 10.0 Å². The van der Waals surface area contributed by atoms with Crippen LogP contribution in [0.25, 0.3) is 0 Å². The van der Waals surface area contributed by atoms with Crippen molar-refractivity contribution in [2.24, 2.45) is 0 Å². The van der Waals surface area contributed by atoms with Crippen LogP contribution < -0.4 is 0 Å². The first-order chi connectivity index (χ1) is 9.80. The Morgan fingerprint density at radius 3 is 2.33 bits per heavy atom. The number of hydrogen-bond donors (Lipinski definition) is 0. The Hall–Kier alpha value is -0.920. The molecule has 2 aromatic rings. The van der Waals surface area contributed by atoms with E-state index in [2.05, 4.69) is 9.97 Å². The van der Waals surface area contributed by atoms with E-state index in [1.807, 2.05) is 0 Å². The highest BCUT2D eigenvalue weighted by Gasteiger charge is 2.22. The highest BCUT2D eigenvalue weighted by molar-refractivity contribution is 7.89. The Labute approximate surface area is 137 Å². The van der Waals surface area contributed by atoms with Crippen LogP contribution in [0.15, 0.2) is 35.5 Å². The summed E-state index contributed by atoms with van der Waals surface area (Å²) in [5.41, 5.74) is 0.641. The minimum Gasteiger partial charge on any atom is -0.225 e. The fraction of sp³-hybridized carbons (Fsp3) is 0.167. The van der Waals surface area contributed by atoms with E-state index in [0.29, 0.717) is 15.6 Å². The molecule has 1 aromatic heterocycles. The van der Waals surface area contributed by atoms with Crippen molar-refractivity contribution in [3.05, 3.63) is 51.5 Å². The molecule has 0 aliphatic carbocycles. The summed E-state index contributed by atoms with van der Waals surface area (Å²) in [6, 6.07) is 4.88. The molecule has 0 aliphatic rings. The number of nitrogens with zero attached hydrogens (tertiary/aromatic N) is 3. The molecule has 0 bridgehead atoms. The number of rotatable bonds is 4. The zero-order chi connectivity index (χ0) is 15.6. The van der Waals surface area contributed by atoms with Crippen LogP contribution in [0.1, 0.15) is 5.56 Å². The molecular weight excluding hydrogens is 357 g/mol. The van der Waals surface area contributed by atoms with Gasteiger partial charge in [-0.3, -0.25) is 0 Å². The number of sulfonamides is 1. The molecule has 0 fully saturated rings. The predicted molar refractivity (Wildman–Crippen MR) is 82.2 cm³/mol. The van der Waals surface area contributed by atoms with E-state index >= 15 is 0 Å². The monoisotopic (exact) mass is 365 g/mol. The Bertz CT molecular complexity index is 751. The smallest absolute Gasteiger partial charge is 0.225 e. The zero-order valence-electron chi connectivity index (χ0n) is 10.8. The van der Waals surface area contributed by atoms with Crippen LogP contribution in [0.5, 0.6) is 0 Å². The highest BCUT2D eigenvalue weighted by Crippen LogP contribution is 2.24. The molecule has 0 radical (unpaired) electrons. The largest absolute Gasteiger partial charge is 0.246 e. The van der Waals surface area contributed by atoms with Crippen LogP contribution in [0.4, 0.5) is 0 Å². The summed E-state index contributed by atoms with van der Waals surface area (Å²) >= 11 is 17.4. The van der Waals surface area contributed by atoms with E-state index in [9.17, 15) is 8.42 Å². The van der Waals surface area contributed by atoms with Gasteiger partial charge in [0.15, 0.2) is 0 Å². The normalized spacial score (nSPS) is 11.9. The molecule has 5 nitrogen and oxygen atoms in total. The van der Waals surface area contributed by atoms with Crippen molar-refractivity contribution < 1.29 is 8.42 Å². The molecule has 0 unspecified atom stereocenters. The van der Waals surface area contributed by atoms with Crippen LogP contribution in [0, 0.1) is 0 Å². The quantitative estimate of drug-likeness (QED) is 0.779. The van der Waals surface area contributed by atoms with E-state index in [0.717, 1.165) is 16.7 Å². The van der Waals surface area contributed by atoms with Gasteiger partial charge in [-0.1, -0.05) is 29.3 Å². The lowest BCUT2D eigenvalue weighted by Crippen LogP contribution is -2.26. The summed E-state index contributed by atoms with van der Waals surface area (Å²) in [7, 11) is -2.28. The maximum atomic E-state index is 12.4. The first-order valence-electron chi connectivity index (χ1n) is 5.68. The maximum Gasteiger partial charge on any atom is 0.246 e. The van der Waals surface area contributed by atoms with Crippen LogP contribution in [0.3, 0.4) is 0 Å². The fourth-order valence-electron chi connectivity index (χ4n) is 1.59. The summed E-state index contributed by atoms with van der Waals surface area (Å²) in [5.74, 6) is 0. The van der Waals surface area contributed by atoms with Crippen molar-refractivity contribution in [2.75, 3.05) is 7.05 Å². The van der Waals surface area contributed by atoms with Crippen LogP contribution in [0.2, 0.25) is 15.3 Å². The first kappa shape index (κ1) is 16.5. The van der Waals surface area contributed by atoms with Gasteiger partial charge in [0.2, 0.25) is 15.3 Å². The fourth-order valence-corrected chi connectivity index (χ4v) is 3.19. The van der Waals surface area contributed by atoms with Crippen molar-refractivity contribution in [3.8, 4) is 0 Å². The van der Waals surface area contributed by atoms with Crippen molar-refractivity contribution in [3.63, 3.8) is 0 Å². The van der Waals surface area contributed by atoms with Crippen molar-refractivity contribution in [1.29, 1.82) is 0 Å². The maximum absolute atomic E-state index is 12.4. The number of hydrogen-bond acceptors (Lipinski definition) is 4. The van der Waals surface area contributed by atoms with Crippen LogP contribution in [-0.4, -0.2) is 29.7 Å². The minimum absolute atomic E-state index is 0.0163. The minimum atomic E-state index is -3.72. The predicted octanol–water partition coefficient (Wildman–Crippen LogP) is 3.26. The van der Waals surface area contributed by atoms with Gasteiger partial charge in [-0.15, -0.1) is 0 Å². The summed E-state index contributed by atoms with van der Waals surface area (Å²) in [4.78, 5) is 7.30. The average Bonchev–Trinajstić information content (AvgIpc) is 2.42. The van der Waals surface area contributed by atoms with Gasteiger partial charge in [-0.2, -0.15) is 4.31 Å². The molecule has 1 aromatic carbocycles. The van der Waals surface area contributed by atoms with Crippen molar-refractivity contribution >= 4 is 44.8 Å². The topological polar surface area (TPSA) is 63.2 Å². The second kappa shape index (κ2) is 6.46. The average molecular weight is 367 g/mol. The molecule has 2 rings (SSSR count). The lowest BCUT2D eigenvalue weighted by molar-refractivity contribution is 0.466. The van der Waals surface area contributed by atoms with Gasteiger partial charge in [-0.05, 0) is 29.3 Å². The van der Waals surface area contributed by atoms with Gasteiger partial charge in [0.25, 0.3) is 0 Å². The summed E-state index contributed by atoms with van der Waals surface area (Å²) in [5, 5.41) is 0.870. The van der Waals surface area contributed by atoms with Crippen molar-refractivity contribution in [1.82, 2.24) is 14.3 Å². The van der Waals surface area contributed by atoms with Gasteiger partial charge < -0.3 is 0 Å². The second-order valence-electron chi connectivity index (χ2n) is 4.18. The molecule has 0 amide bonds. The SMILES string of the molecule is CN(Cc1ccc(Cl)cc1Cl)S(=O)(=O)c1cnc(Cl)nc1. The van der Waals surface area contributed by atoms with Gasteiger partial charge >= 0.3 is 0 Å². The Morgan fingerprint density at radius 2 is 1.76 bits per heavy atom. The molecule has 0 N–H and O–H groups in total. The van der Waals surface area contributed by atoms with Gasteiger partial charge in [0.05, 0.1) is 12.4 Å². The van der Waals surface area contributed by atoms with E-state index in [-0.39, 0.29) is 16.7 Å². The summed E-state index contributed by atoms with van der Waals surface area (Å²) < 4.78 is 25.9. The number of halogens is 3. The van der Waals surface area contributed by atoms with E-state index in [1.165, 1.54) is 7.05 Å². The molecule has 0 saturated heterocycles. The third-order valence-electron chi connectivity index (χ3n) is 2.71. The molecular formula is C12H10Cl3N3O2S. The number of benzene rings is 1. The summed E-state index contributed by atoms with van der Waals surface area (Å²) in [6.45, 7) is 0.0982. The third kappa shape index (κ3) is 3.84. The van der Waals surface area contributed by atoms with Gasteiger partial charge in [0.1, 0.15) is 4.90 Å². The summed E-state index contributed by atoms with van der Waals surface area (Å²) in [6.07, 6.45) is 2.31. The lowest BCUT2D eigenvalue weighted by Gasteiger charge is -2.17. The van der Waals surface area contributed by atoms with Crippen LogP contribution >= 0.6 is 34.8 Å². The molecule has 0 spiro atoms. The molecule has 112 valence electrons. The first-order valence-corrected chi connectivity index (χ1v) is 8.26. The Kier molecular flexibility index (Phi) is 5.06. The lowest BCUT2D eigenvalue weighted by atomic mass is 10.2. The Balaban J connectivity index is 2.26.